The standard InChI is InChI=1S/C8H16N2P/c1-8(2,3)10-5-4-9(6-10)7-11/h4-6H,7,11H2,1-3H3/q+1. The number of hydrogen-bond donors (Lipinski definition) is 0. The molecule has 0 aromatic carbocycles. The van der Waals surface area contributed by atoms with Crippen molar-refractivity contribution in [3.8, 4) is 0 Å². The van der Waals surface area contributed by atoms with Crippen molar-refractivity contribution >= 4 is 9.24 Å². The second-order valence-electron chi connectivity index (χ2n) is 3.69. The van der Waals surface area contributed by atoms with Crippen molar-refractivity contribution in [3.63, 3.8) is 0 Å². The molecule has 1 unspecified atom stereocenters. The molecule has 0 N–H and O–H groups in total. The van der Waals surface area contributed by atoms with E-state index in [1.54, 1.807) is 0 Å². The number of imidazole rings is 1. The van der Waals surface area contributed by atoms with Crippen molar-refractivity contribution in [1.29, 1.82) is 0 Å². The van der Waals surface area contributed by atoms with E-state index in [0.717, 1.165) is 6.29 Å². The Morgan fingerprint density at radius 3 is 2.36 bits per heavy atom. The van der Waals surface area contributed by atoms with E-state index in [1.807, 2.05) is 0 Å². The van der Waals surface area contributed by atoms with E-state index in [2.05, 4.69) is 57.9 Å². The highest BCUT2D eigenvalue weighted by molar-refractivity contribution is 7.14. The summed E-state index contributed by atoms with van der Waals surface area (Å²) in [5.41, 5.74) is 0.199. The van der Waals surface area contributed by atoms with Gasteiger partial charge in [-0.1, -0.05) is 9.24 Å². The summed E-state index contributed by atoms with van der Waals surface area (Å²) >= 11 is 0. The molecule has 1 aromatic heterocycles. The Balaban J connectivity index is 2.89. The number of hydrogen-bond acceptors (Lipinski definition) is 0. The third kappa shape index (κ3) is 2.03. The van der Waals surface area contributed by atoms with E-state index in [0.29, 0.717) is 0 Å². The molecular weight excluding hydrogens is 155 g/mol. The average molecular weight is 171 g/mol. The molecule has 0 saturated heterocycles. The van der Waals surface area contributed by atoms with E-state index in [4.69, 9.17) is 0 Å². The Morgan fingerprint density at radius 2 is 2.09 bits per heavy atom. The molecule has 62 valence electrons. The Labute approximate surface area is 70.4 Å². The third-order valence-electron chi connectivity index (χ3n) is 1.68. The molecule has 1 rings (SSSR count). The van der Waals surface area contributed by atoms with Crippen LogP contribution in [0.4, 0.5) is 0 Å². The fraction of sp³-hybridized carbons (Fsp3) is 0.625. The van der Waals surface area contributed by atoms with E-state index >= 15 is 0 Å². The molecule has 0 saturated carbocycles. The smallest absolute Gasteiger partial charge is 0.234 e. The van der Waals surface area contributed by atoms with Gasteiger partial charge in [0, 0.05) is 0 Å². The van der Waals surface area contributed by atoms with Crippen LogP contribution in [0.25, 0.3) is 0 Å². The predicted molar refractivity (Wildman–Crippen MR) is 49.3 cm³/mol. The van der Waals surface area contributed by atoms with E-state index < -0.39 is 0 Å². The summed E-state index contributed by atoms with van der Waals surface area (Å²) in [6.45, 7) is 6.58. The molecule has 1 atom stereocenters. The van der Waals surface area contributed by atoms with E-state index in [1.165, 1.54) is 0 Å². The number of nitrogens with zero attached hydrogens (tertiary/aromatic N) is 2. The summed E-state index contributed by atoms with van der Waals surface area (Å²) in [4.78, 5) is 0. The Kier molecular flexibility index (Phi) is 2.34. The van der Waals surface area contributed by atoms with Crippen LogP contribution in [-0.4, -0.2) is 4.57 Å². The minimum atomic E-state index is 0.199. The average Bonchev–Trinajstić information content (AvgIpc) is 2.32. The molecular formula is C8H16N2P+. The van der Waals surface area contributed by atoms with Gasteiger partial charge in [-0.15, -0.1) is 0 Å². The van der Waals surface area contributed by atoms with Gasteiger partial charge in [0.1, 0.15) is 24.2 Å². The highest BCUT2D eigenvalue weighted by atomic mass is 31.0. The van der Waals surface area contributed by atoms with Gasteiger partial charge in [0.2, 0.25) is 6.33 Å². The van der Waals surface area contributed by atoms with Crippen molar-refractivity contribution < 1.29 is 4.57 Å². The van der Waals surface area contributed by atoms with Crippen LogP contribution in [0.5, 0.6) is 0 Å². The summed E-state index contributed by atoms with van der Waals surface area (Å²) in [7, 11) is 2.70. The van der Waals surface area contributed by atoms with Crippen LogP contribution >= 0.6 is 9.24 Å². The highest BCUT2D eigenvalue weighted by Gasteiger charge is 2.18. The molecule has 0 radical (unpaired) electrons. The molecule has 0 bridgehead atoms. The van der Waals surface area contributed by atoms with Crippen LogP contribution in [-0.2, 0) is 11.8 Å². The number of rotatable bonds is 1. The van der Waals surface area contributed by atoms with Gasteiger partial charge in [-0.25, -0.2) is 9.13 Å². The van der Waals surface area contributed by atoms with Crippen molar-refractivity contribution in [2.45, 2.75) is 32.6 Å². The monoisotopic (exact) mass is 171 g/mol. The van der Waals surface area contributed by atoms with Gasteiger partial charge < -0.3 is 0 Å². The van der Waals surface area contributed by atoms with Crippen molar-refractivity contribution in [2.75, 3.05) is 0 Å². The fourth-order valence-electron chi connectivity index (χ4n) is 0.899. The summed E-state index contributed by atoms with van der Waals surface area (Å²) in [5, 5.41) is 0. The fourth-order valence-corrected chi connectivity index (χ4v) is 1.12. The van der Waals surface area contributed by atoms with Crippen LogP contribution in [0.1, 0.15) is 20.8 Å². The Bertz CT molecular complexity index is 234. The lowest BCUT2D eigenvalue weighted by molar-refractivity contribution is -0.676. The Morgan fingerprint density at radius 1 is 1.45 bits per heavy atom. The first-order valence-electron chi connectivity index (χ1n) is 3.81. The van der Waals surface area contributed by atoms with Crippen LogP contribution < -0.4 is 4.57 Å². The van der Waals surface area contributed by atoms with E-state index in [9.17, 15) is 0 Å². The molecule has 2 nitrogen and oxygen atoms in total. The lowest BCUT2D eigenvalue weighted by Gasteiger charge is -2.13. The zero-order valence-electron chi connectivity index (χ0n) is 7.41. The van der Waals surface area contributed by atoms with E-state index in [-0.39, 0.29) is 5.54 Å². The summed E-state index contributed by atoms with van der Waals surface area (Å²) < 4.78 is 4.34. The van der Waals surface area contributed by atoms with Gasteiger partial charge in [-0.3, -0.25) is 0 Å². The highest BCUT2D eigenvalue weighted by Crippen LogP contribution is 2.11. The van der Waals surface area contributed by atoms with Gasteiger partial charge in [0.05, 0.1) is 0 Å². The normalized spacial score (nSPS) is 12.0. The maximum atomic E-state index is 2.70. The van der Waals surface area contributed by atoms with Crippen LogP contribution in [0, 0.1) is 0 Å². The molecule has 0 aliphatic heterocycles. The van der Waals surface area contributed by atoms with Crippen LogP contribution in [0.15, 0.2) is 18.7 Å². The predicted octanol–water partition coefficient (Wildman–Crippen LogP) is 1.36. The second kappa shape index (κ2) is 2.94. The summed E-state index contributed by atoms with van der Waals surface area (Å²) in [5.74, 6) is 0. The second-order valence-corrected chi connectivity index (χ2v) is 4.05. The van der Waals surface area contributed by atoms with Crippen molar-refractivity contribution in [1.82, 2.24) is 4.57 Å². The zero-order valence-corrected chi connectivity index (χ0v) is 8.57. The first kappa shape index (κ1) is 8.73. The first-order valence-corrected chi connectivity index (χ1v) is 4.63. The molecule has 0 aliphatic carbocycles. The summed E-state index contributed by atoms with van der Waals surface area (Å²) in [6, 6.07) is 0. The molecule has 11 heavy (non-hydrogen) atoms. The van der Waals surface area contributed by atoms with Crippen molar-refractivity contribution in [2.24, 2.45) is 0 Å². The lowest BCUT2D eigenvalue weighted by Crippen LogP contribution is -2.29. The quantitative estimate of drug-likeness (QED) is 0.445. The minimum Gasteiger partial charge on any atom is -0.234 e. The SMILES string of the molecule is CC(C)(C)n1cc[n+](CP)c1. The van der Waals surface area contributed by atoms with Gasteiger partial charge >= 0.3 is 0 Å². The molecule has 0 amide bonds. The maximum absolute atomic E-state index is 2.70. The molecule has 1 heterocycles. The molecule has 0 spiro atoms. The lowest BCUT2D eigenvalue weighted by atomic mass is 10.1. The van der Waals surface area contributed by atoms with Gasteiger partial charge in [-0.05, 0) is 20.8 Å². The molecule has 0 aliphatic rings. The maximum Gasteiger partial charge on any atom is 0.244 e. The van der Waals surface area contributed by atoms with Gasteiger partial charge in [-0.2, -0.15) is 0 Å². The number of aromatic nitrogens is 2. The topological polar surface area (TPSA) is 8.81 Å². The summed E-state index contributed by atoms with van der Waals surface area (Å²) in [6.07, 6.45) is 7.26. The van der Waals surface area contributed by atoms with Crippen LogP contribution in [0.3, 0.4) is 0 Å². The Hall–Kier alpha value is -0.360. The molecule has 1 aromatic rings. The van der Waals surface area contributed by atoms with Gasteiger partial charge in [0.15, 0.2) is 0 Å². The minimum absolute atomic E-state index is 0.199. The zero-order chi connectivity index (χ0) is 8.48. The third-order valence-corrected chi connectivity index (χ3v) is 2.10. The molecule has 3 heteroatoms. The van der Waals surface area contributed by atoms with Crippen LogP contribution in [0.2, 0.25) is 0 Å². The van der Waals surface area contributed by atoms with Crippen molar-refractivity contribution in [3.05, 3.63) is 18.7 Å². The largest absolute Gasteiger partial charge is 0.244 e. The van der Waals surface area contributed by atoms with Gasteiger partial charge in [0.25, 0.3) is 0 Å². The first-order chi connectivity index (χ1) is 5.04. The molecule has 0 fully saturated rings.